The van der Waals surface area contributed by atoms with Gasteiger partial charge in [0, 0.05) is 42.6 Å². The summed E-state index contributed by atoms with van der Waals surface area (Å²) in [5, 5.41) is 5.15. The van der Waals surface area contributed by atoms with Gasteiger partial charge in [-0.05, 0) is 121 Å². The lowest BCUT2D eigenvalue weighted by atomic mass is 9.79. The third kappa shape index (κ3) is 5.59. The van der Waals surface area contributed by atoms with E-state index in [0.717, 1.165) is 17.1 Å². The molecule has 0 saturated heterocycles. The van der Waals surface area contributed by atoms with Gasteiger partial charge in [-0.1, -0.05) is 159 Å². The third-order valence-electron chi connectivity index (χ3n) is 12.0. The van der Waals surface area contributed by atoms with Crippen LogP contribution in [0.4, 0.5) is 17.1 Å². The normalized spacial score (nSPS) is 12.9. The number of rotatable bonds is 6. The molecule has 0 fully saturated rings. The van der Waals surface area contributed by atoms with Crippen LogP contribution in [0.5, 0.6) is 0 Å². The molecule has 1 aliphatic carbocycles. The second-order valence-electron chi connectivity index (χ2n) is 15.7. The van der Waals surface area contributed by atoms with Crippen LogP contribution in [0.3, 0.4) is 0 Å². The van der Waals surface area contributed by atoms with Crippen LogP contribution in [0.15, 0.2) is 200 Å². The van der Waals surface area contributed by atoms with E-state index in [2.05, 4.69) is 219 Å². The summed E-state index contributed by atoms with van der Waals surface area (Å²) in [6, 6.07) is 73.8. The number of hydrogen-bond donors (Lipinski definition) is 0. The molecule has 0 bridgehead atoms. The van der Waals surface area contributed by atoms with E-state index in [1.165, 1.54) is 86.6 Å². The summed E-state index contributed by atoms with van der Waals surface area (Å²) in [5.74, 6) is 0. The van der Waals surface area contributed by atoms with E-state index in [1.807, 2.05) is 11.3 Å². The summed E-state index contributed by atoms with van der Waals surface area (Å²) in [4.78, 5) is 2.39. The molecule has 9 aromatic carbocycles. The maximum Gasteiger partial charge on any atom is 0.0467 e. The Kier molecular flexibility index (Phi) is 7.77. The monoisotopic (exact) mass is 745 g/mol. The minimum atomic E-state index is -0.0837. The number of anilines is 3. The molecule has 0 aliphatic heterocycles. The molecule has 0 amide bonds. The van der Waals surface area contributed by atoms with Gasteiger partial charge in [-0.15, -0.1) is 11.3 Å². The molecule has 10 aromatic rings. The van der Waals surface area contributed by atoms with Crippen LogP contribution in [0.2, 0.25) is 0 Å². The topological polar surface area (TPSA) is 3.24 Å². The van der Waals surface area contributed by atoms with Crippen LogP contribution < -0.4 is 4.90 Å². The zero-order chi connectivity index (χ0) is 38.1. The highest BCUT2D eigenvalue weighted by Gasteiger charge is 2.37. The van der Waals surface area contributed by atoms with Crippen LogP contribution >= 0.6 is 11.3 Å². The van der Waals surface area contributed by atoms with E-state index in [0.29, 0.717) is 0 Å². The Labute approximate surface area is 337 Å². The molecule has 0 saturated carbocycles. The van der Waals surface area contributed by atoms with E-state index in [4.69, 9.17) is 0 Å². The predicted octanol–water partition coefficient (Wildman–Crippen LogP) is 16.0. The molecular formula is C55H39NS. The minimum absolute atomic E-state index is 0.0837. The van der Waals surface area contributed by atoms with Gasteiger partial charge in [0.2, 0.25) is 0 Å². The molecule has 0 unspecified atom stereocenters. The SMILES string of the molecule is CC1(C)c2ccccc2-c2cccc(-c3ccc(N(c4ccc(-c5ccc6c(c5)sc5ccccc56)cc4)c4cccc(-c5ccc6ccccc6c5)c4)cc3)c21. The first-order valence-corrected chi connectivity index (χ1v) is 20.6. The summed E-state index contributed by atoms with van der Waals surface area (Å²) in [7, 11) is 0. The van der Waals surface area contributed by atoms with Crippen molar-refractivity contribution in [3.8, 4) is 44.5 Å². The van der Waals surface area contributed by atoms with Gasteiger partial charge >= 0.3 is 0 Å². The van der Waals surface area contributed by atoms with Gasteiger partial charge in [0.1, 0.15) is 0 Å². The Morgan fingerprint density at radius 3 is 1.81 bits per heavy atom. The van der Waals surface area contributed by atoms with Gasteiger partial charge in [0.25, 0.3) is 0 Å². The minimum Gasteiger partial charge on any atom is -0.310 e. The average molecular weight is 746 g/mol. The summed E-state index contributed by atoms with van der Waals surface area (Å²) in [6.45, 7) is 4.73. The van der Waals surface area contributed by atoms with E-state index < -0.39 is 0 Å². The highest BCUT2D eigenvalue weighted by atomic mass is 32.1. The van der Waals surface area contributed by atoms with Crippen molar-refractivity contribution in [2.75, 3.05) is 4.90 Å². The third-order valence-corrected chi connectivity index (χ3v) is 13.2. The first-order valence-electron chi connectivity index (χ1n) is 19.7. The van der Waals surface area contributed by atoms with Crippen molar-refractivity contribution < 1.29 is 0 Å². The van der Waals surface area contributed by atoms with Crippen molar-refractivity contribution in [1.29, 1.82) is 0 Å². The summed E-state index contributed by atoms with van der Waals surface area (Å²) < 4.78 is 2.65. The van der Waals surface area contributed by atoms with Gasteiger partial charge in [-0.2, -0.15) is 0 Å². The quantitative estimate of drug-likeness (QED) is 0.164. The standard InChI is InChI=1S/C55H39NS/c1-55(2)51-19-7-5-15-47(51)50-18-10-17-46(54(50)55)38-25-30-44(31-26-38)56(45-14-9-13-40(34-45)41-22-21-36-11-3-4-12-39(36)33-41)43-28-23-37(24-29-43)42-27-32-49-48-16-6-8-20-52(48)57-53(49)35-42/h3-35H,1-2H3. The molecule has 1 heterocycles. The Bertz CT molecular complexity index is 3150. The van der Waals surface area contributed by atoms with Crippen molar-refractivity contribution in [2.24, 2.45) is 0 Å². The van der Waals surface area contributed by atoms with Crippen molar-refractivity contribution in [1.82, 2.24) is 0 Å². The Morgan fingerprint density at radius 1 is 0.368 bits per heavy atom. The molecule has 1 aliphatic rings. The molecule has 1 nitrogen and oxygen atoms in total. The Hall–Kier alpha value is -6.74. The molecule has 11 rings (SSSR count). The molecule has 270 valence electrons. The molecule has 1 aromatic heterocycles. The molecule has 0 radical (unpaired) electrons. The maximum absolute atomic E-state index is 2.39. The Balaban J connectivity index is 1.000. The number of benzene rings is 9. The first-order chi connectivity index (χ1) is 28.0. The lowest BCUT2D eigenvalue weighted by molar-refractivity contribution is 0.662. The van der Waals surface area contributed by atoms with Gasteiger partial charge < -0.3 is 4.90 Å². The Morgan fingerprint density at radius 2 is 0.965 bits per heavy atom. The van der Waals surface area contributed by atoms with Crippen LogP contribution in [0, 0.1) is 0 Å². The number of hydrogen-bond acceptors (Lipinski definition) is 2. The summed E-state index contributed by atoms with van der Waals surface area (Å²) >= 11 is 1.87. The fraction of sp³-hybridized carbons (Fsp3) is 0.0545. The van der Waals surface area contributed by atoms with Crippen LogP contribution in [0.25, 0.3) is 75.5 Å². The summed E-state index contributed by atoms with van der Waals surface area (Å²) in [5.41, 5.74) is 16.1. The first kappa shape index (κ1) is 33.6. The highest BCUT2D eigenvalue weighted by Crippen LogP contribution is 2.52. The van der Waals surface area contributed by atoms with Crippen LogP contribution in [0.1, 0.15) is 25.0 Å². The second-order valence-corrected chi connectivity index (χ2v) is 16.8. The van der Waals surface area contributed by atoms with Crippen molar-refractivity contribution >= 4 is 59.3 Å². The van der Waals surface area contributed by atoms with Crippen LogP contribution in [-0.2, 0) is 5.41 Å². The highest BCUT2D eigenvalue weighted by molar-refractivity contribution is 7.25. The van der Waals surface area contributed by atoms with E-state index in [-0.39, 0.29) is 5.41 Å². The van der Waals surface area contributed by atoms with Gasteiger partial charge in [0.05, 0.1) is 0 Å². The molecule has 2 heteroatoms. The van der Waals surface area contributed by atoms with Gasteiger partial charge in [0.15, 0.2) is 0 Å². The second kappa shape index (κ2) is 13.2. The molecule has 0 atom stereocenters. The van der Waals surface area contributed by atoms with E-state index >= 15 is 0 Å². The van der Waals surface area contributed by atoms with E-state index in [9.17, 15) is 0 Å². The molecule has 0 N–H and O–H groups in total. The van der Waals surface area contributed by atoms with Crippen LogP contribution in [-0.4, -0.2) is 0 Å². The zero-order valence-corrected chi connectivity index (χ0v) is 32.7. The lowest BCUT2D eigenvalue weighted by Crippen LogP contribution is -2.16. The predicted molar refractivity (Wildman–Crippen MR) is 245 cm³/mol. The molecule has 0 spiro atoms. The lowest BCUT2D eigenvalue weighted by Gasteiger charge is -2.27. The zero-order valence-electron chi connectivity index (χ0n) is 31.9. The summed E-state index contributed by atoms with van der Waals surface area (Å²) in [6.07, 6.45) is 0. The van der Waals surface area contributed by atoms with Gasteiger partial charge in [-0.3, -0.25) is 0 Å². The number of nitrogens with zero attached hydrogens (tertiary/aromatic N) is 1. The number of thiophene rings is 1. The average Bonchev–Trinajstić information content (AvgIpc) is 3.75. The number of fused-ring (bicyclic) bond motifs is 7. The maximum atomic E-state index is 2.39. The van der Waals surface area contributed by atoms with E-state index in [1.54, 1.807) is 0 Å². The smallest absolute Gasteiger partial charge is 0.0467 e. The fourth-order valence-electron chi connectivity index (χ4n) is 9.23. The fourth-order valence-corrected chi connectivity index (χ4v) is 10.4. The van der Waals surface area contributed by atoms with Crippen molar-refractivity contribution in [3.05, 3.63) is 211 Å². The molecule has 57 heavy (non-hydrogen) atoms. The molecular weight excluding hydrogens is 707 g/mol. The van der Waals surface area contributed by atoms with Crippen molar-refractivity contribution in [2.45, 2.75) is 19.3 Å². The largest absolute Gasteiger partial charge is 0.310 e. The van der Waals surface area contributed by atoms with Crippen molar-refractivity contribution in [3.63, 3.8) is 0 Å². The van der Waals surface area contributed by atoms with Gasteiger partial charge in [-0.25, -0.2) is 0 Å².